The van der Waals surface area contributed by atoms with Crippen molar-refractivity contribution in [3.63, 3.8) is 0 Å². The van der Waals surface area contributed by atoms with Crippen LogP contribution in [0, 0.1) is 6.92 Å². The Bertz CT molecular complexity index is 755. The van der Waals surface area contributed by atoms with Crippen LogP contribution < -0.4 is 0 Å². The molecule has 2 amide bonds. The van der Waals surface area contributed by atoms with Crippen LogP contribution in [0.5, 0.6) is 0 Å². The van der Waals surface area contributed by atoms with Gasteiger partial charge in [0, 0.05) is 12.6 Å². The first-order chi connectivity index (χ1) is 12.6. The van der Waals surface area contributed by atoms with Crippen molar-refractivity contribution in [2.45, 2.75) is 38.9 Å². The largest absolute Gasteiger partial charge is 0.464 e. The molecule has 1 aromatic carbocycles. The molecule has 0 unspecified atom stereocenters. The Balaban J connectivity index is 1.74. The monoisotopic (exact) mass is 374 g/mol. The van der Waals surface area contributed by atoms with Crippen molar-refractivity contribution in [1.29, 1.82) is 0 Å². The fourth-order valence-electron chi connectivity index (χ4n) is 2.92. The minimum atomic E-state index is -0.184. The molecule has 0 radical (unpaired) electrons. The lowest BCUT2D eigenvalue weighted by molar-refractivity contribution is -0.140. The minimum absolute atomic E-state index is 0.0583. The summed E-state index contributed by atoms with van der Waals surface area (Å²) >= 11 is 5.71. The van der Waals surface area contributed by atoms with Gasteiger partial charge in [0.2, 0.25) is 11.8 Å². The second-order valence-electron chi connectivity index (χ2n) is 6.63. The molecule has 0 N–H and O–H groups in total. The van der Waals surface area contributed by atoms with Gasteiger partial charge in [-0.15, -0.1) is 11.6 Å². The van der Waals surface area contributed by atoms with Crippen LogP contribution >= 0.6 is 11.6 Å². The van der Waals surface area contributed by atoms with Crippen molar-refractivity contribution in [2.24, 2.45) is 0 Å². The summed E-state index contributed by atoms with van der Waals surface area (Å²) in [4.78, 5) is 28.4. The number of carbonyl (C=O) groups excluding carboxylic acids is 2. The van der Waals surface area contributed by atoms with E-state index in [9.17, 15) is 9.59 Å². The molecule has 1 saturated carbocycles. The van der Waals surface area contributed by atoms with Gasteiger partial charge in [-0.3, -0.25) is 9.59 Å². The molecule has 1 aliphatic carbocycles. The maximum absolute atomic E-state index is 13.0. The molecule has 0 spiro atoms. The summed E-state index contributed by atoms with van der Waals surface area (Å²) in [6.45, 7) is 2.77. The van der Waals surface area contributed by atoms with Gasteiger partial charge in [0.25, 0.3) is 0 Å². The van der Waals surface area contributed by atoms with Crippen molar-refractivity contribution in [1.82, 2.24) is 9.80 Å². The van der Waals surface area contributed by atoms with Crippen LogP contribution in [0.1, 0.15) is 29.9 Å². The summed E-state index contributed by atoms with van der Waals surface area (Å²) in [5.41, 5.74) is 1.03. The summed E-state index contributed by atoms with van der Waals surface area (Å²) in [6.07, 6.45) is 1.87. The number of alkyl halides is 1. The van der Waals surface area contributed by atoms with Crippen molar-refractivity contribution in [3.8, 4) is 0 Å². The van der Waals surface area contributed by atoms with E-state index in [0.717, 1.165) is 29.9 Å². The molecule has 5 nitrogen and oxygen atoms in total. The number of benzene rings is 1. The third-order valence-electron chi connectivity index (χ3n) is 4.44. The quantitative estimate of drug-likeness (QED) is 0.666. The van der Waals surface area contributed by atoms with Crippen LogP contribution in [0.25, 0.3) is 0 Å². The van der Waals surface area contributed by atoms with E-state index < -0.39 is 0 Å². The summed E-state index contributed by atoms with van der Waals surface area (Å²) < 4.78 is 5.64. The van der Waals surface area contributed by atoms with Crippen LogP contribution in [-0.2, 0) is 22.7 Å². The van der Waals surface area contributed by atoms with Gasteiger partial charge >= 0.3 is 0 Å². The smallest absolute Gasteiger partial charge is 0.242 e. The summed E-state index contributed by atoms with van der Waals surface area (Å²) in [7, 11) is 0. The number of carbonyl (C=O) groups is 2. The Morgan fingerprint density at radius 3 is 2.38 bits per heavy atom. The van der Waals surface area contributed by atoms with Gasteiger partial charge in [0.15, 0.2) is 0 Å². The zero-order valence-electron chi connectivity index (χ0n) is 14.9. The van der Waals surface area contributed by atoms with Crippen molar-refractivity contribution >= 4 is 23.4 Å². The number of hydrogen-bond donors (Lipinski definition) is 0. The second kappa shape index (κ2) is 8.41. The Labute approximate surface area is 158 Å². The van der Waals surface area contributed by atoms with E-state index in [4.69, 9.17) is 16.0 Å². The average molecular weight is 375 g/mol. The molecule has 26 heavy (non-hydrogen) atoms. The standard InChI is InChI=1S/C20H23ClN2O3/c1-15-7-10-18(26-15)13-22(12-16-5-3-2-4-6-16)20(25)14-23(17-8-9-17)19(24)11-21/h2-7,10,17H,8-9,11-14H2,1H3. The molecule has 1 aromatic heterocycles. The maximum Gasteiger partial charge on any atom is 0.242 e. The molecule has 2 aromatic rings. The molecule has 1 fully saturated rings. The van der Waals surface area contributed by atoms with E-state index >= 15 is 0 Å². The summed E-state index contributed by atoms with van der Waals surface area (Å²) in [5.74, 6) is 1.15. The molecule has 1 heterocycles. The van der Waals surface area contributed by atoms with E-state index in [2.05, 4.69) is 0 Å². The van der Waals surface area contributed by atoms with Crippen LogP contribution in [0.15, 0.2) is 46.9 Å². The number of amides is 2. The van der Waals surface area contributed by atoms with E-state index in [-0.39, 0.29) is 30.3 Å². The minimum Gasteiger partial charge on any atom is -0.464 e. The summed E-state index contributed by atoms with van der Waals surface area (Å²) in [5, 5.41) is 0. The molecule has 0 saturated heterocycles. The van der Waals surface area contributed by atoms with Gasteiger partial charge in [-0.25, -0.2) is 0 Å². The zero-order chi connectivity index (χ0) is 18.5. The van der Waals surface area contributed by atoms with Crippen molar-refractivity contribution in [3.05, 3.63) is 59.5 Å². The molecular formula is C20H23ClN2O3. The highest BCUT2D eigenvalue weighted by atomic mass is 35.5. The van der Waals surface area contributed by atoms with Crippen LogP contribution in [0.3, 0.4) is 0 Å². The molecule has 0 atom stereocenters. The normalized spacial score (nSPS) is 13.5. The first kappa shape index (κ1) is 18.5. The lowest BCUT2D eigenvalue weighted by atomic mass is 10.2. The maximum atomic E-state index is 13.0. The van der Waals surface area contributed by atoms with Crippen molar-refractivity contribution in [2.75, 3.05) is 12.4 Å². The molecule has 138 valence electrons. The first-order valence-corrected chi connectivity index (χ1v) is 9.32. The average Bonchev–Trinajstić information content (AvgIpc) is 3.41. The number of halogens is 1. The fourth-order valence-corrected chi connectivity index (χ4v) is 3.08. The third kappa shape index (κ3) is 4.88. The number of nitrogens with zero attached hydrogens (tertiary/aromatic N) is 2. The molecule has 0 aliphatic heterocycles. The van der Waals surface area contributed by atoms with Crippen LogP contribution in [-0.4, -0.2) is 40.1 Å². The van der Waals surface area contributed by atoms with Crippen molar-refractivity contribution < 1.29 is 14.0 Å². The second-order valence-corrected chi connectivity index (χ2v) is 6.90. The molecule has 1 aliphatic rings. The van der Waals surface area contributed by atoms with Gasteiger partial charge in [-0.2, -0.15) is 0 Å². The predicted molar refractivity (Wildman–Crippen MR) is 99.6 cm³/mol. The van der Waals surface area contributed by atoms with Gasteiger partial charge in [-0.05, 0) is 37.5 Å². The van der Waals surface area contributed by atoms with Crippen LogP contribution in [0.2, 0.25) is 0 Å². The summed E-state index contributed by atoms with van der Waals surface area (Å²) in [6, 6.07) is 13.7. The Hall–Kier alpha value is -2.27. The SMILES string of the molecule is Cc1ccc(CN(Cc2ccccc2)C(=O)CN(C(=O)CCl)C2CC2)o1. The van der Waals surface area contributed by atoms with E-state index in [1.807, 2.05) is 49.4 Å². The molecule has 6 heteroatoms. The highest BCUT2D eigenvalue weighted by molar-refractivity contribution is 6.27. The van der Waals surface area contributed by atoms with Crippen LogP contribution in [0.4, 0.5) is 0 Å². The van der Waals surface area contributed by atoms with E-state index in [1.165, 1.54) is 0 Å². The van der Waals surface area contributed by atoms with Gasteiger partial charge in [-0.1, -0.05) is 30.3 Å². The third-order valence-corrected chi connectivity index (χ3v) is 4.67. The number of aryl methyl sites for hydroxylation is 1. The fraction of sp³-hybridized carbons (Fsp3) is 0.400. The lowest BCUT2D eigenvalue weighted by Crippen LogP contribution is -2.44. The highest BCUT2D eigenvalue weighted by Crippen LogP contribution is 2.27. The lowest BCUT2D eigenvalue weighted by Gasteiger charge is -2.27. The number of furan rings is 1. The molecular weight excluding hydrogens is 352 g/mol. The topological polar surface area (TPSA) is 53.8 Å². The van der Waals surface area contributed by atoms with E-state index in [0.29, 0.717) is 13.1 Å². The Morgan fingerprint density at radius 1 is 1.08 bits per heavy atom. The van der Waals surface area contributed by atoms with Gasteiger partial charge in [0.1, 0.15) is 23.9 Å². The number of hydrogen-bond acceptors (Lipinski definition) is 3. The van der Waals surface area contributed by atoms with E-state index in [1.54, 1.807) is 9.80 Å². The predicted octanol–water partition coefficient (Wildman–Crippen LogP) is 3.35. The van der Waals surface area contributed by atoms with Gasteiger partial charge in [0.05, 0.1) is 6.54 Å². The first-order valence-electron chi connectivity index (χ1n) is 8.79. The highest BCUT2D eigenvalue weighted by Gasteiger charge is 2.34. The molecule has 0 bridgehead atoms. The van der Waals surface area contributed by atoms with Gasteiger partial charge < -0.3 is 14.2 Å². The Kier molecular flexibility index (Phi) is 5.99. The molecule has 3 rings (SSSR count). The number of rotatable bonds is 8. The zero-order valence-corrected chi connectivity index (χ0v) is 15.6. The Morgan fingerprint density at radius 2 is 1.81 bits per heavy atom.